The van der Waals surface area contributed by atoms with Crippen molar-refractivity contribution in [2.75, 3.05) is 32.8 Å². The summed E-state index contributed by atoms with van der Waals surface area (Å²) in [5.41, 5.74) is 1.34. The van der Waals surface area contributed by atoms with Crippen molar-refractivity contribution in [1.29, 1.82) is 0 Å². The summed E-state index contributed by atoms with van der Waals surface area (Å²) in [7, 11) is 0. The van der Waals surface area contributed by atoms with E-state index in [0.717, 1.165) is 10.6 Å². The molecule has 0 radical (unpaired) electrons. The number of nitrogens with zero attached hydrogens (tertiary/aromatic N) is 3. The number of ether oxygens (including phenoxy) is 1. The second kappa shape index (κ2) is 9.68. The standard InChI is InChI=1S/C22H19Cl2N3O3S/c23-16-3-1-15(2-4-16)21-25-19(14-31-21)22(29)27-11-9-26(10-12-27)20(28)13-30-18-7-5-17(24)6-8-18/h1-8,14H,9-13H2. The van der Waals surface area contributed by atoms with Crippen molar-refractivity contribution in [2.45, 2.75) is 0 Å². The summed E-state index contributed by atoms with van der Waals surface area (Å²) in [5.74, 6) is 0.355. The van der Waals surface area contributed by atoms with Crippen LogP contribution in [0.15, 0.2) is 53.9 Å². The number of aromatic nitrogens is 1. The molecule has 1 saturated heterocycles. The van der Waals surface area contributed by atoms with Gasteiger partial charge in [-0.15, -0.1) is 11.3 Å². The highest BCUT2D eigenvalue weighted by molar-refractivity contribution is 7.13. The number of amides is 2. The van der Waals surface area contributed by atoms with Crippen LogP contribution in [0.4, 0.5) is 0 Å². The number of thiazole rings is 1. The van der Waals surface area contributed by atoms with Gasteiger partial charge in [-0.05, 0) is 36.4 Å². The highest BCUT2D eigenvalue weighted by atomic mass is 35.5. The summed E-state index contributed by atoms with van der Waals surface area (Å²) in [5, 5.41) is 3.81. The van der Waals surface area contributed by atoms with Gasteiger partial charge >= 0.3 is 0 Å². The second-order valence-corrected chi connectivity index (χ2v) is 8.69. The van der Waals surface area contributed by atoms with Gasteiger partial charge in [0.25, 0.3) is 11.8 Å². The number of carbonyl (C=O) groups excluding carboxylic acids is 2. The van der Waals surface area contributed by atoms with E-state index >= 15 is 0 Å². The molecule has 160 valence electrons. The van der Waals surface area contributed by atoms with Gasteiger partial charge in [-0.1, -0.05) is 35.3 Å². The maximum absolute atomic E-state index is 12.8. The first-order chi connectivity index (χ1) is 15.0. The average molecular weight is 476 g/mol. The molecule has 0 bridgehead atoms. The van der Waals surface area contributed by atoms with E-state index in [1.54, 1.807) is 51.6 Å². The third-order valence-electron chi connectivity index (χ3n) is 4.91. The van der Waals surface area contributed by atoms with Crippen LogP contribution in [0.1, 0.15) is 10.5 Å². The zero-order chi connectivity index (χ0) is 21.8. The zero-order valence-corrected chi connectivity index (χ0v) is 18.8. The van der Waals surface area contributed by atoms with Crippen LogP contribution < -0.4 is 4.74 Å². The lowest BCUT2D eigenvalue weighted by Crippen LogP contribution is -2.51. The quantitative estimate of drug-likeness (QED) is 0.545. The Morgan fingerprint density at radius 3 is 2.13 bits per heavy atom. The third kappa shape index (κ3) is 5.36. The molecule has 6 nitrogen and oxygen atoms in total. The highest BCUT2D eigenvalue weighted by Gasteiger charge is 2.26. The van der Waals surface area contributed by atoms with Crippen LogP contribution >= 0.6 is 34.5 Å². The fourth-order valence-corrected chi connectivity index (χ4v) is 4.24. The minimum absolute atomic E-state index is 0.0495. The number of rotatable bonds is 5. The predicted octanol–water partition coefficient (Wildman–Crippen LogP) is 4.48. The van der Waals surface area contributed by atoms with Gasteiger partial charge in [-0.2, -0.15) is 0 Å². The molecular formula is C22H19Cl2N3O3S. The SMILES string of the molecule is O=C(COc1ccc(Cl)cc1)N1CCN(C(=O)c2csc(-c3ccc(Cl)cc3)n2)CC1. The predicted molar refractivity (Wildman–Crippen MR) is 122 cm³/mol. The van der Waals surface area contributed by atoms with E-state index in [0.29, 0.717) is 47.7 Å². The number of piperazine rings is 1. The van der Waals surface area contributed by atoms with Gasteiger partial charge in [0.15, 0.2) is 6.61 Å². The first-order valence-corrected chi connectivity index (χ1v) is 11.3. The van der Waals surface area contributed by atoms with Crippen molar-refractivity contribution in [3.05, 3.63) is 69.7 Å². The molecule has 0 unspecified atom stereocenters. The molecule has 31 heavy (non-hydrogen) atoms. The molecule has 1 aromatic heterocycles. The van der Waals surface area contributed by atoms with Gasteiger partial charge in [0.05, 0.1) is 0 Å². The molecule has 0 N–H and O–H groups in total. The molecule has 2 heterocycles. The molecule has 1 fully saturated rings. The summed E-state index contributed by atoms with van der Waals surface area (Å²) < 4.78 is 5.52. The van der Waals surface area contributed by atoms with Crippen LogP contribution in [-0.2, 0) is 4.79 Å². The Morgan fingerprint density at radius 1 is 0.903 bits per heavy atom. The summed E-state index contributed by atoms with van der Waals surface area (Å²) in [6.45, 7) is 1.79. The summed E-state index contributed by atoms with van der Waals surface area (Å²) in [6, 6.07) is 14.2. The van der Waals surface area contributed by atoms with Crippen LogP contribution in [-0.4, -0.2) is 59.4 Å². The van der Waals surface area contributed by atoms with Crippen LogP contribution in [0.5, 0.6) is 5.75 Å². The molecule has 0 saturated carbocycles. The van der Waals surface area contributed by atoms with E-state index in [4.69, 9.17) is 27.9 Å². The molecule has 0 spiro atoms. The lowest BCUT2D eigenvalue weighted by atomic mass is 10.2. The smallest absolute Gasteiger partial charge is 0.273 e. The molecule has 0 aliphatic carbocycles. The van der Waals surface area contributed by atoms with Gasteiger partial charge in [0.2, 0.25) is 0 Å². The van der Waals surface area contributed by atoms with Gasteiger partial charge < -0.3 is 14.5 Å². The van der Waals surface area contributed by atoms with Crippen molar-refractivity contribution < 1.29 is 14.3 Å². The van der Waals surface area contributed by atoms with Gasteiger partial charge in [-0.3, -0.25) is 9.59 Å². The molecule has 9 heteroatoms. The number of carbonyl (C=O) groups is 2. The number of hydrogen-bond acceptors (Lipinski definition) is 5. The molecule has 1 aliphatic rings. The Morgan fingerprint density at radius 2 is 1.48 bits per heavy atom. The van der Waals surface area contributed by atoms with Crippen LogP contribution in [0.3, 0.4) is 0 Å². The maximum Gasteiger partial charge on any atom is 0.273 e. The fraction of sp³-hybridized carbons (Fsp3) is 0.227. The highest BCUT2D eigenvalue weighted by Crippen LogP contribution is 2.26. The van der Waals surface area contributed by atoms with Gasteiger partial charge in [-0.25, -0.2) is 4.98 Å². The van der Waals surface area contributed by atoms with Gasteiger partial charge in [0.1, 0.15) is 16.5 Å². The number of benzene rings is 2. The monoisotopic (exact) mass is 475 g/mol. The van der Waals surface area contributed by atoms with Crippen molar-refractivity contribution in [1.82, 2.24) is 14.8 Å². The van der Waals surface area contributed by atoms with E-state index in [2.05, 4.69) is 4.98 Å². The lowest BCUT2D eigenvalue weighted by Gasteiger charge is -2.34. The maximum atomic E-state index is 12.8. The fourth-order valence-electron chi connectivity index (χ4n) is 3.19. The second-order valence-electron chi connectivity index (χ2n) is 6.96. The van der Waals surface area contributed by atoms with Gasteiger partial charge in [0, 0.05) is 47.2 Å². The van der Waals surface area contributed by atoms with Crippen molar-refractivity contribution in [2.24, 2.45) is 0 Å². The Bertz CT molecular complexity index is 1060. The lowest BCUT2D eigenvalue weighted by molar-refractivity contribution is -0.134. The summed E-state index contributed by atoms with van der Waals surface area (Å²) in [4.78, 5) is 33.2. The number of hydrogen-bond donors (Lipinski definition) is 0. The largest absolute Gasteiger partial charge is 0.484 e. The third-order valence-corrected chi connectivity index (χ3v) is 6.31. The first-order valence-electron chi connectivity index (χ1n) is 9.66. The summed E-state index contributed by atoms with van der Waals surface area (Å²) >= 11 is 13.2. The molecule has 3 aromatic rings. The summed E-state index contributed by atoms with van der Waals surface area (Å²) in [6.07, 6.45) is 0. The number of halogens is 2. The topological polar surface area (TPSA) is 62.7 Å². The normalized spacial score (nSPS) is 13.9. The minimum Gasteiger partial charge on any atom is -0.484 e. The molecule has 4 rings (SSSR count). The molecule has 0 atom stereocenters. The Hall–Kier alpha value is -2.61. The van der Waals surface area contributed by atoms with Crippen molar-refractivity contribution in [3.8, 4) is 16.3 Å². The Kier molecular flexibility index (Phi) is 6.75. The Labute approximate surface area is 194 Å². The minimum atomic E-state index is -0.124. The molecule has 2 aromatic carbocycles. The molecule has 1 aliphatic heterocycles. The Balaban J connectivity index is 1.29. The van der Waals surface area contributed by atoms with Crippen LogP contribution in [0, 0.1) is 0 Å². The molecular weight excluding hydrogens is 457 g/mol. The van der Waals surface area contributed by atoms with Crippen molar-refractivity contribution >= 4 is 46.4 Å². The van der Waals surface area contributed by atoms with Crippen molar-refractivity contribution in [3.63, 3.8) is 0 Å². The van der Waals surface area contributed by atoms with Crippen LogP contribution in [0.25, 0.3) is 10.6 Å². The van der Waals surface area contributed by atoms with Crippen LogP contribution in [0.2, 0.25) is 10.0 Å². The van der Waals surface area contributed by atoms with E-state index < -0.39 is 0 Å². The zero-order valence-electron chi connectivity index (χ0n) is 16.5. The van der Waals surface area contributed by atoms with E-state index in [1.165, 1.54) is 11.3 Å². The van der Waals surface area contributed by atoms with E-state index in [-0.39, 0.29) is 18.4 Å². The first kappa shape index (κ1) is 21.6. The average Bonchev–Trinajstić information content (AvgIpc) is 3.29. The van der Waals surface area contributed by atoms with E-state index in [9.17, 15) is 9.59 Å². The molecule has 2 amide bonds. The van der Waals surface area contributed by atoms with E-state index in [1.807, 2.05) is 12.1 Å².